The van der Waals surface area contributed by atoms with E-state index in [0.717, 1.165) is 0 Å². The number of halogens is 5. The van der Waals surface area contributed by atoms with Gasteiger partial charge in [0, 0.05) is 10.4 Å². The zero-order valence-electron chi connectivity index (χ0n) is 6.74. The van der Waals surface area contributed by atoms with Gasteiger partial charge >= 0.3 is 6.61 Å². The topological polar surface area (TPSA) is 9.23 Å². The molecule has 0 aliphatic carbocycles. The van der Waals surface area contributed by atoms with Gasteiger partial charge in [0.05, 0.1) is 4.47 Å². The van der Waals surface area contributed by atoms with E-state index in [2.05, 4.69) is 36.6 Å². The Labute approximate surface area is 102 Å². The van der Waals surface area contributed by atoms with E-state index < -0.39 is 6.61 Å². The molecule has 1 aromatic carbocycles. The Hall–Kier alpha value is 0.130. The number of hydrogen-bond acceptors (Lipinski definition) is 1. The van der Waals surface area contributed by atoms with Crippen LogP contribution in [0.2, 0.25) is 0 Å². The van der Waals surface area contributed by atoms with E-state index >= 15 is 0 Å². The molecular weight excluding hydrogens is 345 g/mol. The number of ether oxygens (including phenoxy) is 1. The molecule has 0 aliphatic heterocycles. The van der Waals surface area contributed by atoms with Gasteiger partial charge in [-0.25, -0.2) is 0 Å². The quantitative estimate of drug-likeness (QED) is 0.727. The van der Waals surface area contributed by atoms with Gasteiger partial charge in [0.25, 0.3) is 0 Å². The first-order valence-corrected chi connectivity index (χ1v) is 5.65. The van der Waals surface area contributed by atoms with Crippen molar-refractivity contribution in [2.75, 3.05) is 0 Å². The van der Waals surface area contributed by atoms with Crippen LogP contribution in [0.3, 0.4) is 0 Å². The molecule has 0 amide bonds. The van der Waals surface area contributed by atoms with E-state index in [1.807, 2.05) is 0 Å². The summed E-state index contributed by atoms with van der Waals surface area (Å²) in [7, 11) is 0. The Morgan fingerprint density at radius 1 is 1.36 bits per heavy atom. The highest BCUT2D eigenvalue weighted by molar-refractivity contribution is 9.13. The lowest BCUT2D eigenvalue weighted by Crippen LogP contribution is -2.03. The van der Waals surface area contributed by atoms with Crippen molar-refractivity contribution in [3.05, 3.63) is 26.6 Å². The highest BCUT2D eigenvalue weighted by Gasteiger charge is 2.12. The molecule has 0 unspecified atom stereocenters. The molecule has 0 heterocycles. The first kappa shape index (κ1) is 12.2. The van der Waals surface area contributed by atoms with Gasteiger partial charge in [-0.3, -0.25) is 0 Å². The Kier molecular flexibility index (Phi) is 4.60. The number of rotatable bonds is 3. The Balaban J connectivity index is 3.07. The van der Waals surface area contributed by atoms with Gasteiger partial charge < -0.3 is 4.74 Å². The first-order valence-electron chi connectivity index (χ1n) is 3.53. The lowest BCUT2D eigenvalue weighted by atomic mass is 10.2. The Morgan fingerprint density at radius 3 is 2.50 bits per heavy atom. The number of alkyl halides is 3. The fraction of sp³-hybridized carbons (Fsp3) is 0.250. The van der Waals surface area contributed by atoms with Gasteiger partial charge in [-0.1, -0.05) is 0 Å². The van der Waals surface area contributed by atoms with Crippen LogP contribution in [0.5, 0.6) is 5.75 Å². The molecule has 0 atom stereocenters. The first-order chi connectivity index (χ1) is 6.54. The second-order valence-corrected chi connectivity index (χ2v) is 4.32. The average Bonchev–Trinajstić information content (AvgIpc) is 2.11. The summed E-state index contributed by atoms with van der Waals surface area (Å²) in [6, 6.07) is 3.20. The molecule has 6 heteroatoms. The normalized spacial score (nSPS) is 10.7. The van der Waals surface area contributed by atoms with Gasteiger partial charge in [-0.05, 0) is 49.6 Å². The van der Waals surface area contributed by atoms with E-state index in [4.69, 9.17) is 11.6 Å². The minimum atomic E-state index is -2.84. The van der Waals surface area contributed by atoms with Crippen LogP contribution in [0, 0.1) is 0 Å². The van der Waals surface area contributed by atoms with Crippen LogP contribution in [0.25, 0.3) is 0 Å². The molecule has 1 rings (SSSR count). The fourth-order valence-corrected chi connectivity index (χ4v) is 1.84. The molecule has 0 N–H and O–H groups in total. The van der Waals surface area contributed by atoms with Crippen LogP contribution in [-0.4, -0.2) is 6.61 Å². The zero-order valence-corrected chi connectivity index (χ0v) is 10.7. The Bertz CT molecular complexity index is 333. The van der Waals surface area contributed by atoms with Crippen LogP contribution < -0.4 is 4.74 Å². The molecule has 0 radical (unpaired) electrons. The third-order valence-electron chi connectivity index (χ3n) is 1.42. The summed E-state index contributed by atoms with van der Waals surface area (Å²) < 4.78 is 29.3. The van der Waals surface area contributed by atoms with E-state index in [0.29, 0.717) is 14.5 Å². The van der Waals surface area contributed by atoms with Gasteiger partial charge in [-0.2, -0.15) is 8.78 Å². The van der Waals surface area contributed by atoms with E-state index in [1.54, 1.807) is 6.07 Å². The maximum Gasteiger partial charge on any atom is 0.387 e. The summed E-state index contributed by atoms with van der Waals surface area (Å²) in [5.74, 6) is 0.316. The molecule has 0 bridgehead atoms. The van der Waals surface area contributed by atoms with Crippen LogP contribution >= 0.6 is 43.5 Å². The second kappa shape index (κ2) is 5.28. The van der Waals surface area contributed by atoms with Gasteiger partial charge in [0.2, 0.25) is 0 Å². The highest BCUT2D eigenvalue weighted by Crippen LogP contribution is 2.35. The molecule has 0 spiro atoms. The lowest BCUT2D eigenvalue weighted by molar-refractivity contribution is -0.0504. The average molecular weight is 350 g/mol. The lowest BCUT2D eigenvalue weighted by Gasteiger charge is -2.09. The predicted octanol–water partition coefficient (Wildman–Crippen LogP) is 4.55. The molecular formula is C8H5Br2ClF2O. The minimum absolute atomic E-state index is 0.0741. The molecule has 0 fully saturated rings. The van der Waals surface area contributed by atoms with Gasteiger partial charge in [-0.15, -0.1) is 11.6 Å². The van der Waals surface area contributed by atoms with Crippen LogP contribution in [0.15, 0.2) is 21.1 Å². The Morgan fingerprint density at radius 2 is 2.00 bits per heavy atom. The van der Waals surface area contributed by atoms with Crippen molar-refractivity contribution in [2.24, 2.45) is 0 Å². The summed E-state index contributed by atoms with van der Waals surface area (Å²) >= 11 is 11.9. The van der Waals surface area contributed by atoms with Crippen LogP contribution in [0.4, 0.5) is 8.78 Å². The van der Waals surface area contributed by atoms with Gasteiger partial charge in [0.15, 0.2) is 0 Å². The maximum atomic E-state index is 12.0. The molecule has 1 nitrogen and oxygen atoms in total. The largest absolute Gasteiger partial charge is 0.434 e. The van der Waals surface area contributed by atoms with Crippen molar-refractivity contribution in [1.29, 1.82) is 0 Å². The van der Waals surface area contributed by atoms with E-state index in [-0.39, 0.29) is 11.6 Å². The summed E-state index contributed by atoms with van der Waals surface area (Å²) in [5.41, 5.74) is 0.706. The second-order valence-electron chi connectivity index (χ2n) is 2.40. The van der Waals surface area contributed by atoms with Crippen molar-refractivity contribution in [3.63, 3.8) is 0 Å². The minimum Gasteiger partial charge on any atom is -0.434 e. The van der Waals surface area contributed by atoms with Crippen LogP contribution in [-0.2, 0) is 5.88 Å². The maximum absolute atomic E-state index is 12.0. The predicted molar refractivity (Wildman–Crippen MR) is 58.0 cm³/mol. The molecule has 0 saturated carbocycles. The molecule has 14 heavy (non-hydrogen) atoms. The smallest absolute Gasteiger partial charge is 0.387 e. The van der Waals surface area contributed by atoms with Crippen LogP contribution in [0.1, 0.15) is 5.56 Å². The molecule has 78 valence electrons. The number of hydrogen-bond donors (Lipinski definition) is 0. The van der Waals surface area contributed by atoms with Gasteiger partial charge in [0.1, 0.15) is 5.75 Å². The van der Waals surface area contributed by atoms with E-state index in [1.165, 1.54) is 6.07 Å². The summed E-state index contributed by atoms with van der Waals surface area (Å²) in [4.78, 5) is 0. The summed E-state index contributed by atoms with van der Waals surface area (Å²) in [6.07, 6.45) is 0. The third kappa shape index (κ3) is 3.07. The van der Waals surface area contributed by atoms with Crippen molar-refractivity contribution < 1.29 is 13.5 Å². The molecule has 1 aromatic rings. The summed E-state index contributed by atoms with van der Waals surface area (Å²) in [6.45, 7) is -2.84. The fourth-order valence-electron chi connectivity index (χ4n) is 0.876. The molecule has 0 aromatic heterocycles. The van der Waals surface area contributed by atoms with Crippen molar-refractivity contribution in [1.82, 2.24) is 0 Å². The molecule has 0 aliphatic rings. The van der Waals surface area contributed by atoms with Crippen molar-refractivity contribution in [2.45, 2.75) is 12.5 Å². The monoisotopic (exact) mass is 348 g/mol. The highest BCUT2D eigenvalue weighted by atomic mass is 79.9. The number of benzene rings is 1. The molecule has 0 saturated heterocycles. The van der Waals surface area contributed by atoms with E-state index in [9.17, 15) is 8.78 Å². The SMILES string of the molecule is FC(F)Oc1cc(CCl)cc(Br)c1Br. The summed E-state index contributed by atoms with van der Waals surface area (Å²) in [5, 5.41) is 0. The third-order valence-corrected chi connectivity index (χ3v) is 3.71. The standard InChI is InChI=1S/C8H5Br2ClF2O/c9-5-1-4(3-11)2-6(7(5)10)14-8(12)13/h1-2,8H,3H2. The van der Waals surface area contributed by atoms with Crippen molar-refractivity contribution in [3.8, 4) is 5.75 Å². The van der Waals surface area contributed by atoms with Crippen molar-refractivity contribution >= 4 is 43.5 Å². The zero-order chi connectivity index (χ0) is 10.7.